The molecule has 4 nitrogen and oxygen atoms in total. The molecular weight excluding hydrogens is 220 g/mol. The summed E-state index contributed by atoms with van der Waals surface area (Å²) in [4.78, 5) is 11.8. The van der Waals surface area contributed by atoms with Gasteiger partial charge < -0.3 is 14.2 Å². The quantitative estimate of drug-likeness (QED) is 0.759. The molecule has 0 radical (unpaired) electrons. The summed E-state index contributed by atoms with van der Waals surface area (Å²) in [6.07, 6.45) is 0. The number of benzene rings is 1. The fourth-order valence-corrected chi connectivity index (χ4v) is 1.30. The monoisotopic (exact) mass is 238 g/mol. The summed E-state index contributed by atoms with van der Waals surface area (Å²) in [7, 11) is 3.07. The van der Waals surface area contributed by atoms with Crippen molar-refractivity contribution in [3.05, 3.63) is 23.8 Å². The van der Waals surface area contributed by atoms with E-state index in [1.807, 2.05) is 20.8 Å². The lowest BCUT2D eigenvalue weighted by molar-refractivity contribution is 0.00692. The van der Waals surface area contributed by atoms with Gasteiger partial charge in [0.25, 0.3) is 0 Å². The molecule has 0 aliphatic carbocycles. The van der Waals surface area contributed by atoms with E-state index in [0.717, 1.165) is 0 Å². The smallest absolute Gasteiger partial charge is 0.338 e. The first-order valence-electron chi connectivity index (χ1n) is 5.33. The highest BCUT2D eigenvalue weighted by Crippen LogP contribution is 2.28. The van der Waals surface area contributed by atoms with E-state index in [-0.39, 0.29) is 5.97 Å². The zero-order chi connectivity index (χ0) is 13.1. The summed E-state index contributed by atoms with van der Waals surface area (Å²) >= 11 is 0. The van der Waals surface area contributed by atoms with Crippen molar-refractivity contribution in [2.24, 2.45) is 0 Å². The van der Waals surface area contributed by atoms with E-state index in [9.17, 15) is 4.79 Å². The summed E-state index contributed by atoms with van der Waals surface area (Å²) in [5, 5.41) is 0. The van der Waals surface area contributed by atoms with Crippen LogP contribution in [0.25, 0.3) is 0 Å². The number of methoxy groups -OCH3 is 2. The molecule has 17 heavy (non-hydrogen) atoms. The Hall–Kier alpha value is -1.71. The lowest BCUT2D eigenvalue weighted by Gasteiger charge is -2.19. The molecule has 0 atom stereocenters. The van der Waals surface area contributed by atoms with Crippen LogP contribution in [0.5, 0.6) is 11.5 Å². The molecule has 0 saturated heterocycles. The Morgan fingerprint density at radius 2 is 1.65 bits per heavy atom. The largest absolute Gasteiger partial charge is 0.493 e. The van der Waals surface area contributed by atoms with E-state index >= 15 is 0 Å². The third-order valence-electron chi connectivity index (χ3n) is 2.02. The summed E-state index contributed by atoms with van der Waals surface area (Å²) < 4.78 is 15.5. The van der Waals surface area contributed by atoms with Crippen LogP contribution < -0.4 is 9.47 Å². The van der Waals surface area contributed by atoms with Gasteiger partial charge in [0.05, 0.1) is 19.8 Å². The van der Waals surface area contributed by atoms with Crippen LogP contribution in [-0.2, 0) is 4.74 Å². The molecule has 0 unspecified atom stereocenters. The number of carbonyl (C=O) groups excluding carboxylic acids is 1. The Kier molecular flexibility index (Phi) is 3.99. The van der Waals surface area contributed by atoms with Crippen molar-refractivity contribution >= 4 is 5.97 Å². The second kappa shape index (κ2) is 5.08. The Balaban J connectivity index is 2.96. The maximum absolute atomic E-state index is 11.8. The lowest BCUT2D eigenvalue weighted by atomic mass is 10.1. The van der Waals surface area contributed by atoms with E-state index < -0.39 is 5.60 Å². The van der Waals surface area contributed by atoms with E-state index in [1.54, 1.807) is 25.3 Å². The molecule has 0 aliphatic rings. The van der Waals surface area contributed by atoms with Gasteiger partial charge in [-0.25, -0.2) is 4.79 Å². The van der Waals surface area contributed by atoms with Gasteiger partial charge >= 0.3 is 5.97 Å². The fourth-order valence-electron chi connectivity index (χ4n) is 1.30. The molecule has 0 fully saturated rings. The Morgan fingerprint density at radius 1 is 1.06 bits per heavy atom. The molecular formula is C13H18O4. The van der Waals surface area contributed by atoms with Crippen LogP contribution in [0.2, 0.25) is 0 Å². The third-order valence-corrected chi connectivity index (χ3v) is 2.02. The molecule has 0 saturated carbocycles. The summed E-state index contributed by atoms with van der Waals surface area (Å²) in [5.41, 5.74) is -0.0675. The molecule has 1 aromatic rings. The molecule has 94 valence electrons. The number of ether oxygens (including phenoxy) is 3. The molecule has 1 rings (SSSR count). The van der Waals surface area contributed by atoms with E-state index in [1.165, 1.54) is 7.11 Å². The fraction of sp³-hybridized carbons (Fsp3) is 0.462. The van der Waals surface area contributed by atoms with Gasteiger partial charge in [-0.05, 0) is 39.0 Å². The van der Waals surface area contributed by atoms with Crippen LogP contribution >= 0.6 is 0 Å². The standard InChI is InChI=1S/C13H18O4/c1-13(2,3)17-12(14)9-6-7-10(15-4)11(8-9)16-5/h6-8H,1-5H3. The number of carbonyl (C=O) groups is 1. The second-order valence-electron chi connectivity index (χ2n) is 4.57. The van der Waals surface area contributed by atoms with Gasteiger partial charge in [-0.15, -0.1) is 0 Å². The number of rotatable bonds is 3. The first-order chi connectivity index (χ1) is 7.87. The zero-order valence-electron chi connectivity index (χ0n) is 10.9. The predicted molar refractivity (Wildman–Crippen MR) is 64.7 cm³/mol. The second-order valence-corrected chi connectivity index (χ2v) is 4.57. The highest BCUT2D eigenvalue weighted by Gasteiger charge is 2.19. The maximum Gasteiger partial charge on any atom is 0.338 e. The predicted octanol–water partition coefficient (Wildman–Crippen LogP) is 2.66. The van der Waals surface area contributed by atoms with Crippen LogP contribution in [-0.4, -0.2) is 25.8 Å². The minimum Gasteiger partial charge on any atom is -0.493 e. The molecule has 0 N–H and O–H groups in total. The Labute approximate surface area is 101 Å². The molecule has 0 amide bonds. The van der Waals surface area contributed by atoms with Crippen molar-refractivity contribution in [1.29, 1.82) is 0 Å². The topological polar surface area (TPSA) is 44.8 Å². The molecule has 4 heteroatoms. The normalized spacial score (nSPS) is 10.9. The summed E-state index contributed by atoms with van der Waals surface area (Å²) in [6, 6.07) is 4.93. The van der Waals surface area contributed by atoms with Gasteiger partial charge in [0.2, 0.25) is 0 Å². The minimum atomic E-state index is -0.510. The van der Waals surface area contributed by atoms with Crippen LogP contribution in [0, 0.1) is 0 Å². The van der Waals surface area contributed by atoms with Crippen molar-refractivity contribution < 1.29 is 19.0 Å². The van der Waals surface area contributed by atoms with Gasteiger partial charge in [-0.3, -0.25) is 0 Å². The molecule has 0 aromatic heterocycles. The summed E-state index contributed by atoms with van der Waals surface area (Å²) in [5.74, 6) is 0.717. The first-order valence-corrected chi connectivity index (χ1v) is 5.33. The van der Waals surface area contributed by atoms with Crippen molar-refractivity contribution in [2.45, 2.75) is 26.4 Å². The average Bonchev–Trinajstić information content (AvgIpc) is 2.25. The molecule has 1 aromatic carbocycles. The molecule has 0 aliphatic heterocycles. The third kappa shape index (κ3) is 3.66. The van der Waals surface area contributed by atoms with Crippen molar-refractivity contribution in [3.8, 4) is 11.5 Å². The van der Waals surface area contributed by atoms with Crippen LogP contribution in [0.15, 0.2) is 18.2 Å². The molecule has 0 spiro atoms. The van der Waals surface area contributed by atoms with Crippen molar-refractivity contribution in [3.63, 3.8) is 0 Å². The summed E-state index contributed by atoms with van der Waals surface area (Å²) in [6.45, 7) is 5.48. The zero-order valence-corrected chi connectivity index (χ0v) is 10.9. The lowest BCUT2D eigenvalue weighted by Crippen LogP contribution is -2.23. The first kappa shape index (κ1) is 13.4. The van der Waals surface area contributed by atoms with Crippen molar-refractivity contribution in [1.82, 2.24) is 0 Å². The van der Waals surface area contributed by atoms with E-state index in [2.05, 4.69) is 0 Å². The number of esters is 1. The average molecular weight is 238 g/mol. The highest BCUT2D eigenvalue weighted by molar-refractivity contribution is 5.90. The van der Waals surface area contributed by atoms with Crippen LogP contribution in [0.1, 0.15) is 31.1 Å². The van der Waals surface area contributed by atoms with Crippen molar-refractivity contribution in [2.75, 3.05) is 14.2 Å². The van der Waals surface area contributed by atoms with Gasteiger partial charge in [0.1, 0.15) is 5.60 Å². The van der Waals surface area contributed by atoms with E-state index in [4.69, 9.17) is 14.2 Å². The van der Waals surface area contributed by atoms with Crippen LogP contribution in [0.4, 0.5) is 0 Å². The number of hydrogen-bond acceptors (Lipinski definition) is 4. The van der Waals surface area contributed by atoms with Gasteiger partial charge in [0.15, 0.2) is 11.5 Å². The SMILES string of the molecule is COc1ccc(C(=O)OC(C)(C)C)cc1OC. The minimum absolute atomic E-state index is 0.376. The van der Waals surface area contributed by atoms with Gasteiger partial charge in [0, 0.05) is 0 Å². The Bertz CT molecular complexity index is 404. The number of hydrogen-bond donors (Lipinski definition) is 0. The van der Waals surface area contributed by atoms with Gasteiger partial charge in [-0.1, -0.05) is 0 Å². The Morgan fingerprint density at radius 3 is 2.12 bits per heavy atom. The van der Waals surface area contributed by atoms with E-state index in [0.29, 0.717) is 17.1 Å². The molecule has 0 heterocycles. The highest BCUT2D eigenvalue weighted by atomic mass is 16.6. The maximum atomic E-state index is 11.8. The van der Waals surface area contributed by atoms with Crippen LogP contribution in [0.3, 0.4) is 0 Å². The van der Waals surface area contributed by atoms with Gasteiger partial charge in [-0.2, -0.15) is 0 Å². The molecule has 0 bridgehead atoms.